The Morgan fingerprint density at radius 3 is 1.04 bits per heavy atom. The Morgan fingerprint density at radius 2 is 0.812 bits per heavy atom. The molecular formula is C34H66N6O6Si2. The minimum absolute atomic E-state index is 0.00000926. The van der Waals surface area contributed by atoms with E-state index < -0.39 is 51.1 Å². The van der Waals surface area contributed by atoms with Gasteiger partial charge in [-0.1, -0.05) is 67.7 Å². The van der Waals surface area contributed by atoms with E-state index in [0.29, 0.717) is 12.3 Å². The molecule has 2 rings (SSSR count). The van der Waals surface area contributed by atoms with E-state index >= 15 is 0 Å². The second-order valence-electron chi connectivity index (χ2n) is 17.9. The Bertz CT molecular complexity index is 1120. The summed E-state index contributed by atoms with van der Waals surface area (Å²) in [6.45, 7) is 30.8. The zero-order valence-corrected chi connectivity index (χ0v) is 34.6. The lowest BCUT2D eigenvalue weighted by molar-refractivity contribution is -0.144. The largest absolute Gasteiger partial charge is 0.352 e. The second kappa shape index (κ2) is 16.3. The smallest absolute Gasteiger partial charge is 0.243 e. The molecule has 14 heteroatoms. The van der Waals surface area contributed by atoms with Crippen molar-refractivity contribution >= 4 is 51.6 Å². The fourth-order valence-corrected chi connectivity index (χ4v) is 11.6. The van der Waals surface area contributed by atoms with E-state index in [1.807, 2.05) is 69.2 Å². The molecule has 0 aromatic carbocycles. The van der Waals surface area contributed by atoms with Crippen molar-refractivity contribution in [1.29, 1.82) is 0 Å². The van der Waals surface area contributed by atoms with Gasteiger partial charge in [-0.25, -0.2) is 0 Å². The molecule has 4 atom stereocenters. The van der Waals surface area contributed by atoms with Gasteiger partial charge in [0.1, 0.15) is 24.2 Å². The minimum Gasteiger partial charge on any atom is -0.352 e. The first-order chi connectivity index (χ1) is 21.5. The van der Waals surface area contributed by atoms with Crippen LogP contribution in [-0.2, 0) is 28.8 Å². The van der Waals surface area contributed by atoms with Crippen molar-refractivity contribution in [3.63, 3.8) is 0 Å². The number of hydrogen-bond donors (Lipinski definition) is 4. The van der Waals surface area contributed by atoms with Crippen LogP contribution in [0.4, 0.5) is 0 Å². The number of carbonyl (C=O) groups is 6. The lowest BCUT2D eigenvalue weighted by Gasteiger charge is -2.31. The third-order valence-corrected chi connectivity index (χ3v) is 13.6. The first kappa shape index (κ1) is 43.3. The molecule has 0 bridgehead atoms. The molecule has 48 heavy (non-hydrogen) atoms. The molecule has 0 aromatic rings. The highest BCUT2D eigenvalue weighted by Crippen LogP contribution is 2.32. The van der Waals surface area contributed by atoms with E-state index in [2.05, 4.69) is 47.5 Å². The SMILES string of the molecule is CC(C)NC(=O)[C@H](C)NC(=O)[C@@H]1C[Si](C)(C)CN1C(=O)C(C)(C)C.CC(C)NC(=O)[C@H](C)NC(=O)[C@@H]1C[Si](C)(C)CN1C(=O)C(C)(C)C. The number of hydrogen-bond acceptors (Lipinski definition) is 6. The molecule has 0 aliphatic carbocycles. The van der Waals surface area contributed by atoms with E-state index in [-0.39, 0.29) is 47.5 Å². The second-order valence-corrected chi connectivity index (χ2v) is 28.0. The van der Waals surface area contributed by atoms with Crippen LogP contribution in [0.15, 0.2) is 0 Å². The average Bonchev–Trinajstić information content (AvgIpc) is 3.41. The molecule has 6 amide bonds. The summed E-state index contributed by atoms with van der Waals surface area (Å²) in [6, 6.07) is -0.644. The molecule has 12 nitrogen and oxygen atoms in total. The van der Waals surface area contributed by atoms with Crippen LogP contribution < -0.4 is 21.3 Å². The molecule has 0 unspecified atom stereocenters. The predicted molar refractivity (Wildman–Crippen MR) is 196 cm³/mol. The van der Waals surface area contributed by atoms with E-state index in [1.165, 1.54) is 0 Å². The van der Waals surface area contributed by atoms with Crippen molar-refractivity contribution in [2.24, 2.45) is 10.8 Å². The van der Waals surface area contributed by atoms with Gasteiger partial charge in [0, 0.05) is 35.2 Å². The molecule has 0 radical (unpaired) electrons. The maximum atomic E-state index is 12.7. The average molecular weight is 711 g/mol. The van der Waals surface area contributed by atoms with Crippen molar-refractivity contribution in [2.75, 3.05) is 12.3 Å². The normalized spacial score (nSPS) is 21.5. The molecular weight excluding hydrogens is 645 g/mol. The van der Waals surface area contributed by atoms with E-state index in [4.69, 9.17) is 0 Å². The first-order valence-electron chi connectivity index (χ1n) is 17.3. The molecule has 0 saturated carbocycles. The Labute approximate surface area is 291 Å². The Hall–Kier alpha value is -2.75. The van der Waals surface area contributed by atoms with Crippen LogP contribution in [0.3, 0.4) is 0 Å². The summed E-state index contributed by atoms with van der Waals surface area (Å²) in [5, 5.41) is 11.1. The summed E-state index contributed by atoms with van der Waals surface area (Å²) in [5.74, 6) is -0.864. The molecule has 4 N–H and O–H groups in total. The Balaban J connectivity index is 0.000000480. The van der Waals surface area contributed by atoms with Crippen molar-refractivity contribution in [3.05, 3.63) is 0 Å². The van der Waals surface area contributed by atoms with Crippen LogP contribution in [0.1, 0.15) is 83.1 Å². The van der Waals surface area contributed by atoms with Crippen LogP contribution in [-0.4, -0.2) is 110 Å². The third-order valence-electron chi connectivity index (χ3n) is 8.22. The van der Waals surface area contributed by atoms with E-state index in [0.717, 1.165) is 12.1 Å². The number of carbonyl (C=O) groups excluding carboxylic acids is 6. The van der Waals surface area contributed by atoms with Crippen LogP contribution >= 0.6 is 0 Å². The van der Waals surface area contributed by atoms with Crippen LogP contribution in [0.5, 0.6) is 0 Å². The standard InChI is InChI=1S/2C17H33N3O3Si/c2*1-11(2)18-14(21)12(3)19-15(22)13-9-24(7,8)10-20(13)16(23)17(4,5)6/h2*11-13H,9-10H2,1-8H3,(H,18,21)(H,19,22)/t2*12-,13-/m00/s1. The molecule has 2 heterocycles. The van der Waals surface area contributed by atoms with Crippen molar-refractivity contribution in [1.82, 2.24) is 31.1 Å². The summed E-state index contributed by atoms with van der Waals surface area (Å²) in [5.41, 5.74) is -1.04. The van der Waals surface area contributed by atoms with E-state index in [1.54, 1.807) is 23.6 Å². The fourth-order valence-electron chi connectivity index (χ4n) is 5.87. The number of nitrogens with zero attached hydrogens (tertiary/aromatic N) is 2. The maximum absolute atomic E-state index is 12.7. The van der Waals surface area contributed by atoms with Crippen molar-refractivity contribution in [3.8, 4) is 0 Å². The number of amides is 6. The van der Waals surface area contributed by atoms with Crippen LogP contribution in [0, 0.1) is 10.8 Å². The quantitative estimate of drug-likeness (QED) is 0.284. The van der Waals surface area contributed by atoms with Gasteiger partial charge in [-0.3, -0.25) is 28.8 Å². The fraction of sp³-hybridized carbons (Fsp3) is 0.824. The Kier molecular flexibility index (Phi) is 14.7. The summed E-state index contributed by atoms with van der Waals surface area (Å²) < 4.78 is 0. The monoisotopic (exact) mass is 710 g/mol. The molecule has 276 valence electrons. The zero-order chi connectivity index (χ0) is 37.7. The molecule has 2 aliphatic heterocycles. The number of nitrogens with one attached hydrogen (secondary N) is 4. The zero-order valence-electron chi connectivity index (χ0n) is 32.6. The molecule has 0 spiro atoms. The topological polar surface area (TPSA) is 157 Å². The number of rotatable bonds is 8. The van der Waals surface area contributed by atoms with Gasteiger partial charge < -0.3 is 31.1 Å². The molecule has 0 aromatic heterocycles. The van der Waals surface area contributed by atoms with Crippen LogP contribution in [0.2, 0.25) is 38.3 Å². The van der Waals surface area contributed by atoms with Gasteiger partial charge in [-0.15, -0.1) is 0 Å². The minimum atomic E-state index is -1.63. The predicted octanol–water partition coefficient (Wildman–Crippen LogP) is 3.04. The lowest BCUT2D eigenvalue weighted by Crippen LogP contribution is -2.54. The van der Waals surface area contributed by atoms with Gasteiger partial charge in [0.15, 0.2) is 0 Å². The summed E-state index contributed by atoms with van der Waals surface area (Å²) in [7, 11) is -3.26. The summed E-state index contributed by atoms with van der Waals surface area (Å²) in [6.07, 6.45) is 1.38. The van der Waals surface area contributed by atoms with Gasteiger partial charge in [0.2, 0.25) is 35.4 Å². The first-order valence-corrected chi connectivity index (χ1v) is 24.2. The highest BCUT2D eigenvalue weighted by Gasteiger charge is 2.48. The third kappa shape index (κ3) is 12.9. The van der Waals surface area contributed by atoms with Gasteiger partial charge >= 0.3 is 0 Å². The highest BCUT2D eigenvalue weighted by molar-refractivity contribution is 6.79. The summed E-state index contributed by atoms with van der Waals surface area (Å²) >= 11 is 0. The lowest BCUT2D eigenvalue weighted by atomic mass is 9.94. The summed E-state index contributed by atoms with van der Waals surface area (Å²) in [4.78, 5) is 78.4. The highest BCUT2D eigenvalue weighted by atomic mass is 28.3. The van der Waals surface area contributed by atoms with Gasteiger partial charge in [-0.2, -0.15) is 0 Å². The molecule has 2 fully saturated rings. The maximum Gasteiger partial charge on any atom is 0.243 e. The van der Waals surface area contributed by atoms with Crippen molar-refractivity contribution < 1.29 is 28.8 Å². The van der Waals surface area contributed by atoms with Crippen LogP contribution in [0.25, 0.3) is 0 Å². The molecule has 2 saturated heterocycles. The van der Waals surface area contributed by atoms with Crippen molar-refractivity contribution in [2.45, 2.75) is 158 Å². The van der Waals surface area contributed by atoms with Gasteiger partial charge in [0.05, 0.1) is 16.1 Å². The molecule has 2 aliphatic rings. The Morgan fingerprint density at radius 1 is 0.542 bits per heavy atom. The van der Waals surface area contributed by atoms with E-state index in [9.17, 15) is 28.8 Å². The van der Waals surface area contributed by atoms with Gasteiger partial charge in [-0.05, 0) is 53.6 Å². The van der Waals surface area contributed by atoms with Gasteiger partial charge in [0.25, 0.3) is 0 Å².